The molecule has 102 valence electrons. The zero-order valence-electron chi connectivity index (χ0n) is 12.0. The number of aromatic nitrogens is 2. The number of aryl methyl sites for hydroxylation is 2. The average molecular weight is 249 g/mol. The maximum atomic E-state index is 6.42. The van der Waals surface area contributed by atoms with Crippen molar-refractivity contribution in [3.05, 3.63) is 17.5 Å². The molecule has 0 radical (unpaired) electrons. The van der Waals surface area contributed by atoms with E-state index in [4.69, 9.17) is 5.73 Å². The van der Waals surface area contributed by atoms with E-state index in [0.717, 1.165) is 30.5 Å². The molecule has 1 aliphatic carbocycles. The van der Waals surface area contributed by atoms with Crippen LogP contribution in [0.3, 0.4) is 0 Å². The Labute approximate surface area is 111 Å². The second-order valence-corrected chi connectivity index (χ2v) is 5.81. The molecule has 0 bridgehead atoms. The molecule has 2 N–H and O–H groups in total. The van der Waals surface area contributed by atoms with Gasteiger partial charge in [0.15, 0.2) is 0 Å². The van der Waals surface area contributed by atoms with Gasteiger partial charge in [-0.1, -0.05) is 19.8 Å². The van der Waals surface area contributed by atoms with Gasteiger partial charge in [-0.05, 0) is 44.6 Å². The predicted octanol–water partition coefficient (Wildman–Crippen LogP) is 2.91. The molecule has 0 saturated heterocycles. The minimum absolute atomic E-state index is 0.308. The standard InChI is InChI=1S/C15H27N3/c1-4-12-6-7-13(9-12)15(16)10-14-8-11(3)17-18(14)5-2/h8,12-13,15H,4-7,9-10,16H2,1-3H3. The highest BCUT2D eigenvalue weighted by Gasteiger charge is 2.28. The molecule has 18 heavy (non-hydrogen) atoms. The summed E-state index contributed by atoms with van der Waals surface area (Å²) in [5, 5.41) is 4.50. The summed E-state index contributed by atoms with van der Waals surface area (Å²) in [4.78, 5) is 0. The molecule has 1 aromatic heterocycles. The van der Waals surface area contributed by atoms with Crippen molar-refractivity contribution in [3.63, 3.8) is 0 Å². The minimum Gasteiger partial charge on any atom is -0.327 e. The fourth-order valence-electron chi connectivity index (χ4n) is 3.32. The predicted molar refractivity (Wildman–Crippen MR) is 75.4 cm³/mol. The third kappa shape index (κ3) is 2.94. The third-order valence-electron chi connectivity index (χ3n) is 4.49. The largest absolute Gasteiger partial charge is 0.327 e. The molecule has 3 unspecified atom stereocenters. The molecule has 0 spiro atoms. The van der Waals surface area contributed by atoms with Gasteiger partial charge in [0.1, 0.15) is 0 Å². The maximum Gasteiger partial charge on any atom is 0.0596 e. The van der Waals surface area contributed by atoms with Crippen molar-refractivity contribution in [3.8, 4) is 0 Å². The molecule has 0 amide bonds. The van der Waals surface area contributed by atoms with Crippen LogP contribution in [0.15, 0.2) is 6.07 Å². The highest BCUT2D eigenvalue weighted by Crippen LogP contribution is 2.35. The molecule has 0 aliphatic heterocycles. The highest BCUT2D eigenvalue weighted by molar-refractivity contribution is 5.11. The van der Waals surface area contributed by atoms with E-state index in [-0.39, 0.29) is 0 Å². The van der Waals surface area contributed by atoms with Crippen molar-refractivity contribution in [1.82, 2.24) is 9.78 Å². The first kappa shape index (κ1) is 13.6. The smallest absolute Gasteiger partial charge is 0.0596 e. The Morgan fingerprint density at radius 1 is 1.44 bits per heavy atom. The molecule has 1 saturated carbocycles. The average Bonchev–Trinajstić information content (AvgIpc) is 2.95. The molecule has 1 fully saturated rings. The fraction of sp³-hybridized carbons (Fsp3) is 0.800. The van der Waals surface area contributed by atoms with E-state index in [1.807, 2.05) is 0 Å². The lowest BCUT2D eigenvalue weighted by molar-refractivity contribution is 0.397. The summed E-state index contributed by atoms with van der Waals surface area (Å²) in [6.07, 6.45) is 6.32. The van der Waals surface area contributed by atoms with Crippen LogP contribution in [-0.2, 0) is 13.0 Å². The van der Waals surface area contributed by atoms with Crippen molar-refractivity contribution >= 4 is 0 Å². The summed E-state index contributed by atoms with van der Waals surface area (Å²) in [5.41, 5.74) is 8.84. The van der Waals surface area contributed by atoms with Crippen LogP contribution in [0, 0.1) is 18.8 Å². The zero-order valence-corrected chi connectivity index (χ0v) is 12.0. The van der Waals surface area contributed by atoms with E-state index >= 15 is 0 Å². The highest BCUT2D eigenvalue weighted by atomic mass is 15.3. The molecule has 2 rings (SSSR count). The first-order chi connectivity index (χ1) is 8.63. The van der Waals surface area contributed by atoms with Crippen LogP contribution in [0.2, 0.25) is 0 Å². The van der Waals surface area contributed by atoms with Crippen LogP contribution in [0.1, 0.15) is 50.9 Å². The summed E-state index contributed by atoms with van der Waals surface area (Å²) in [6.45, 7) is 7.44. The number of nitrogens with zero attached hydrogens (tertiary/aromatic N) is 2. The summed E-state index contributed by atoms with van der Waals surface area (Å²) < 4.78 is 2.10. The summed E-state index contributed by atoms with van der Waals surface area (Å²) in [7, 11) is 0. The van der Waals surface area contributed by atoms with Gasteiger partial charge in [0.05, 0.1) is 5.69 Å². The first-order valence-electron chi connectivity index (χ1n) is 7.42. The van der Waals surface area contributed by atoms with Crippen molar-refractivity contribution in [2.75, 3.05) is 0 Å². The van der Waals surface area contributed by atoms with E-state index < -0.39 is 0 Å². The maximum absolute atomic E-state index is 6.42. The summed E-state index contributed by atoms with van der Waals surface area (Å²) in [6, 6.07) is 2.50. The van der Waals surface area contributed by atoms with Crippen molar-refractivity contribution < 1.29 is 0 Å². The van der Waals surface area contributed by atoms with Gasteiger partial charge < -0.3 is 5.73 Å². The number of nitrogens with two attached hydrogens (primary N) is 1. The van der Waals surface area contributed by atoms with Gasteiger partial charge in [-0.2, -0.15) is 5.10 Å². The molecule has 1 heterocycles. The molecule has 3 nitrogen and oxygen atoms in total. The number of rotatable bonds is 5. The Bertz CT molecular complexity index is 383. The van der Waals surface area contributed by atoms with E-state index in [1.165, 1.54) is 31.4 Å². The van der Waals surface area contributed by atoms with Crippen molar-refractivity contribution in [1.29, 1.82) is 0 Å². The fourth-order valence-corrected chi connectivity index (χ4v) is 3.32. The quantitative estimate of drug-likeness (QED) is 0.872. The summed E-state index contributed by atoms with van der Waals surface area (Å²) in [5.74, 6) is 1.63. The van der Waals surface area contributed by atoms with Crippen LogP contribution < -0.4 is 5.73 Å². The van der Waals surface area contributed by atoms with Gasteiger partial charge in [-0.15, -0.1) is 0 Å². The lowest BCUT2D eigenvalue weighted by Gasteiger charge is -2.19. The van der Waals surface area contributed by atoms with Crippen molar-refractivity contribution in [2.24, 2.45) is 17.6 Å². The van der Waals surface area contributed by atoms with Crippen LogP contribution in [0.25, 0.3) is 0 Å². The van der Waals surface area contributed by atoms with E-state index in [1.54, 1.807) is 0 Å². The molecule has 3 atom stereocenters. The van der Waals surface area contributed by atoms with Crippen LogP contribution in [0.5, 0.6) is 0 Å². The first-order valence-corrected chi connectivity index (χ1v) is 7.42. The molecular formula is C15H27N3. The monoisotopic (exact) mass is 249 g/mol. The van der Waals surface area contributed by atoms with Gasteiger partial charge in [0.2, 0.25) is 0 Å². The van der Waals surface area contributed by atoms with Gasteiger partial charge in [0, 0.05) is 24.7 Å². The van der Waals surface area contributed by atoms with Gasteiger partial charge >= 0.3 is 0 Å². The molecular weight excluding hydrogens is 222 g/mol. The lowest BCUT2D eigenvalue weighted by atomic mass is 9.93. The lowest BCUT2D eigenvalue weighted by Crippen LogP contribution is -2.31. The van der Waals surface area contributed by atoms with Crippen molar-refractivity contribution in [2.45, 2.75) is 65.5 Å². The minimum atomic E-state index is 0.308. The van der Waals surface area contributed by atoms with Crippen LogP contribution >= 0.6 is 0 Å². The van der Waals surface area contributed by atoms with Crippen LogP contribution in [0.4, 0.5) is 0 Å². The Kier molecular flexibility index (Phi) is 4.44. The van der Waals surface area contributed by atoms with E-state index in [9.17, 15) is 0 Å². The third-order valence-corrected chi connectivity index (χ3v) is 4.49. The van der Waals surface area contributed by atoms with Gasteiger partial charge in [-0.3, -0.25) is 4.68 Å². The molecule has 0 aromatic carbocycles. The Morgan fingerprint density at radius 2 is 2.22 bits per heavy atom. The second kappa shape index (κ2) is 5.87. The summed E-state index contributed by atoms with van der Waals surface area (Å²) >= 11 is 0. The van der Waals surface area contributed by atoms with E-state index in [2.05, 4.69) is 36.6 Å². The number of hydrogen-bond acceptors (Lipinski definition) is 2. The number of hydrogen-bond donors (Lipinski definition) is 1. The normalized spacial score (nSPS) is 25.6. The van der Waals surface area contributed by atoms with Crippen LogP contribution in [-0.4, -0.2) is 15.8 Å². The Morgan fingerprint density at radius 3 is 2.83 bits per heavy atom. The second-order valence-electron chi connectivity index (χ2n) is 5.81. The Hall–Kier alpha value is -0.830. The Balaban J connectivity index is 1.96. The molecule has 3 heteroatoms. The van der Waals surface area contributed by atoms with E-state index in [0.29, 0.717) is 6.04 Å². The van der Waals surface area contributed by atoms with Gasteiger partial charge in [0.25, 0.3) is 0 Å². The molecule has 1 aliphatic rings. The SMILES string of the molecule is CCC1CCC(C(N)Cc2cc(C)nn2CC)C1. The zero-order chi connectivity index (χ0) is 13.1. The topological polar surface area (TPSA) is 43.8 Å². The van der Waals surface area contributed by atoms with Gasteiger partial charge in [-0.25, -0.2) is 0 Å². The molecule has 1 aromatic rings.